The highest BCUT2D eigenvalue weighted by Gasteiger charge is 2.52. The molecular formula is C23H25FN4O3. The summed E-state index contributed by atoms with van der Waals surface area (Å²) in [5, 5.41) is 3.53. The van der Waals surface area contributed by atoms with Crippen molar-refractivity contribution in [2.75, 3.05) is 6.54 Å². The maximum absolute atomic E-state index is 13.2. The standard InChI is InChI=1S/C23H25FN4O3/c1-2-23(17-6-4-3-5-7-17)21(30)28(22(31)25-23)26-20(29)15-27(19-12-13-19)14-16-8-10-18(24)11-9-16/h3-11,19H,2,12-15H2,1H3,(H,25,31)(H,26,29)/t23-/m1/s1. The molecule has 31 heavy (non-hydrogen) atoms. The Hall–Kier alpha value is -3.26. The third-order valence-corrected chi connectivity index (χ3v) is 5.83. The van der Waals surface area contributed by atoms with Gasteiger partial charge >= 0.3 is 6.03 Å². The van der Waals surface area contributed by atoms with Crippen molar-refractivity contribution in [1.29, 1.82) is 0 Å². The van der Waals surface area contributed by atoms with Crippen molar-refractivity contribution < 1.29 is 18.8 Å². The van der Waals surface area contributed by atoms with Gasteiger partial charge in [-0.15, -0.1) is 0 Å². The molecule has 1 atom stereocenters. The van der Waals surface area contributed by atoms with Crippen LogP contribution in [0.2, 0.25) is 0 Å². The van der Waals surface area contributed by atoms with Crippen molar-refractivity contribution in [2.24, 2.45) is 0 Å². The van der Waals surface area contributed by atoms with Gasteiger partial charge < -0.3 is 5.32 Å². The molecule has 2 aromatic rings. The number of imide groups is 1. The Balaban J connectivity index is 1.44. The van der Waals surface area contributed by atoms with Crippen molar-refractivity contribution in [1.82, 2.24) is 20.7 Å². The van der Waals surface area contributed by atoms with Gasteiger partial charge in [0.05, 0.1) is 6.54 Å². The van der Waals surface area contributed by atoms with Gasteiger partial charge in [-0.3, -0.25) is 19.9 Å². The zero-order valence-corrected chi connectivity index (χ0v) is 17.3. The van der Waals surface area contributed by atoms with E-state index in [1.165, 1.54) is 12.1 Å². The SMILES string of the molecule is CC[C@]1(c2ccccc2)NC(=O)N(NC(=O)CN(Cc2ccc(F)cc2)C2CC2)C1=O. The minimum atomic E-state index is -1.20. The van der Waals surface area contributed by atoms with E-state index in [9.17, 15) is 18.8 Å². The molecule has 4 amide bonds. The van der Waals surface area contributed by atoms with E-state index in [0.717, 1.165) is 23.4 Å². The Labute approximate surface area is 180 Å². The fraction of sp³-hybridized carbons (Fsp3) is 0.348. The topological polar surface area (TPSA) is 81.8 Å². The van der Waals surface area contributed by atoms with Crippen LogP contribution in [0.15, 0.2) is 54.6 Å². The molecule has 1 saturated heterocycles. The van der Waals surface area contributed by atoms with Crippen LogP contribution in [0, 0.1) is 5.82 Å². The molecule has 2 fully saturated rings. The number of benzene rings is 2. The molecule has 8 heteroatoms. The fourth-order valence-corrected chi connectivity index (χ4v) is 3.96. The number of halogens is 1. The summed E-state index contributed by atoms with van der Waals surface area (Å²) < 4.78 is 13.2. The summed E-state index contributed by atoms with van der Waals surface area (Å²) in [6.45, 7) is 2.33. The van der Waals surface area contributed by atoms with Gasteiger partial charge in [0.15, 0.2) is 0 Å². The fourth-order valence-electron chi connectivity index (χ4n) is 3.96. The number of nitrogens with one attached hydrogen (secondary N) is 2. The predicted octanol–water partition coefficient (Wildman–Crippen LogP) is 2.68. The number of hydrazine groups is 1. The van der Waals surface area contributed by atoms with E-state index in [2.05, 4.69) is 10.7 Å². The maximum Gasteiger partial charge on any atom is 0.344 e. The number of hydrogen-bond acceptors (Lipinski definition) is 4. The lowest BCUT2D eigenvalue weighted by Crippen LogP contribution is -2.51. The molecule has 1 heterocycles. The van der Waals surface area contributed by atoms with Gasteiger partial charge in [-0.05, 0) is 42.5 Å². The highest BCUT2D eigenvalue weighted by Crippen LogP contribution is 2.32. The van der Waals surface area contributed by atoms with Crippen LogP contribution in [0.1, 0.15) is 37.3 Å². The van der Waals surface area contributed by atoms with E-state index in [0.29, 0.717) is 18.5 Å². The Morgan fingerprint density at radius 3 is 2.45 bits per heavy atom. The molecule has 0 unspecified atom stereocenters. The largest absolute Gasteiger partial charge is 0.344 e. The summed E-state index contributed by atoms with van der Waals surface area (Å²) in [4.78, 5) is 40.4. The first-order valence-electron chi connectivity index (χ1n) is 10.4. The monoisotopic (exact) mass is 424 g/mol. The Bertz CT molecular complexity index is 978. The Kier molecular flexibility index (Phi) is 5.73. The Morgan fingerprint density at radius 1 is 1.16 bits per heavy atom. The van der Waals surface area contributed by atoms with Crippen LogP contribution in [0.4, 0.5) is 9.18 Å². The molecule has 2 aromatic carbocycles. The molecule has 162 valence electrons. The van der Waals surface area contributed by atoms with Crippen molar-refractivity contribution in [3.63, 3.8) is 0 Å². The number of carbonyl (C=O) groups excluding carboxylic acids is 3. The number of rotatable bonds is 8. The average molecular weight is 424 g/mol. The van der Waals surface area contributed by atoms with Gasteiger partial charge in [0.2, 0.25) is 0 Å². The van der Waals surface area contributed by atoms with Crippen molar-refractivity contribution in [3.05, 3.63) is 71.5 Å². The van der Waals surface area contributed by atoms with Crippen LogP contribution < -0.4 is 10.7 Å². The van der Waals surface area contributed by atoms with E-state index >= 15 is 0 Å². The van der Waals surface area contributed by atoms with Crippen LogP contribution in [0.5, 0.6) is 0 Å². The molecule has 2 aliphatic rings. The maximum atomic E-state index is 13.2. The van der Waals surface area contributed by atoms with Crippen LogP contribution in [0.3, 0.4) is 0 Å². The van der Waals surface area contributed by atoms with Gasteiger partial charge in [-0.25, -0.2) is 9.18 Å². The number of hydrogen-bond donors (Lipinski definition) is 2. The van der Waals surface area contributed by atoms with Crippen molar-refractivity contribution in [3.8, 4) is 0 Å². The molecule has 0 bridgehead atoms. The van der Waals surface area contributed by atoms with Crippen LogP contribution in [0.25, 0.3) is 0 Å². The lowest BCUT2D eigenvalue weighted by molar-refractivity contribution is -0.140. The smallest absolute Gasteiger partial charge is 0.318 e. The van der Waals surface area contributed by atoms with Gasteiger partial charge in [0.25, 0.3) is 11.8 Å². The van der Waals surface area contributed by atoms with Crippen LogP contribution in [-0.2, 0) is 21.7 Å². The molecule has 4 rings (SSSR count). The summed E-state index contributed by atoms with van der Waals surface area (Å²) in [5.41, 5.74) is 2.84. The lowest BCUT2D eigenvalue weighted by Gasteiger charge is -2.26. The summed E-state index contributed by atoms with van der Waals surface area (Å²) in [6, 6.07) is 14.8. The Morgan fingerprint density at radius 2 is 1.84 bits per heavy atom. The summed E-state index contributed by atoms with van der Waals surface area (Å²) in [6.07, 6.45) is 2.31. The average Bonchev–Trinajstić information content (AvgIpc) is 3.59. The first-order valence-corrected chi connectivity index (χ1v) is 10.4. The molecule has 7 nitrogen and oxygen atoms in total. The van der Waals surface area contributed by atoms with Crippen molar-refractivity contribution >= 4 is 17.8 Å². The molecule has 0 radical (unpaired) electrons. The second-order valence-electron chi connectivity index (χ2n) is 7.99. The van der Waals surface area contributed by atoms with Gasteiger partial charge in [-0.2, -0.15) is 5.01 Å². The minimum absolute atomic E-state index is 0.0313. The van der Waals surface area contributed by atoms with E-state index < -0.39 is 23.4 Å². The number of carbonyl (C=O) groups is 3. The lowest BCUT2D eigenvalue weighted by atomic mass is 9.87. The highest BCUT2D eigenvalue weighted by molar-refractivity contribution is 6.08. The van der Waals surface area contributed by atoms with E-state index in [1.54, 1.807) is 36.4 Å². The van der Waals surface area contributed by atoms with Crippen LogP contribution in [-0.4, -0.2) is 40.3 Å². The zero-order chi connectivity index (χ0) is 22.0. The second kappa shape index (κ2) is 8.47. The van der Waals surface area contributed by atoms with Gasteiger partial charge in [-0.1, -0.05) is 49.4 Å². The van der Waals surface area contributed by atoms with Crippen LogP contribution >= 0.6 is 0 Å². The third kappa shape index (κ3) is 4.29. The number of amides is 4. The normalized spacial score (nSPS) is 20.8. The van der Waals surface area contributed by atoms with E-state index in [1.807, 2.05) is 17.9 Å². The van der Waals surface area contributed by atoms with E-state index in [-0.39, 0.29) is 18.4 Å². The quantitative estimate of drug-likeness (QED) is 0.639. The highest BCUT2D eigenvalue weighted by atomic mass is 19.1. The van der Waals surface area contributed by atoms with Gasteiger partial charge in [0.1, 0.15) is 11.4 Å². The summed E-state index contributed by atoms with van der Waals surface area (Å²) in [7, 11) is 0. The molecule has 1 aliphatic heterocycles. The molecular weight excluding hydrogens is 399 g/mol. The van der Waals surface area contributed by atoms with Crippen molar-refractivity contribution in [2.45, 2.75) is 44.3 Å². The third-order valence-electron chi connectivity index (χ3n) is 5.83. The van der Waals surface area contributed by atoms with Gasteiger partial charge in [0, 0.05) is 12.6 Å². The molecule has 2 N–H and O–H groups in total. The minimum Gasteiger partial charge on any atom is -0.318 e. The molecule has 0 spiro atoms. The summed E-state index contributed by atoms with van der Waals surface area (Å²) >= 11 is 0. The first-order chi connectivity index (χ1) is 14.9. The van der Waals surface area contributed by atoms with E-state index in [4.69, 9.17) is 0 Å². The number of nitrogens with zero attached hydrogens (tertiary/aromatic N) is 2. The molecule has 1 aliphatic carbocycles. The first kappa shape index (κ1) is 21.0. The predicted molar refractivity (Wildman–Crippen MR) is 112 cm³/mol. The zero-order valence-electron chi connectivity index (χ0n) is 17.3. The molecule has 0 aromatic heterocycles. The molecule has 1 saturated carbocycles. The number of urea groups is 1. The second-order valence-corrected chi connectivity index (χ2v) is 7.99. The summed E-state index contributed by atoms with van der Waals surface area (Å²) in [5.74, 6) is -1.26.